The summed E-state index contributed by atoms with van der Waals surface area (Å²) in [5.41, 5.74) is -0.278. The molecule has 0 aromatic heterocycles. The van der Waals surface area contributed by atoms with Crippen molar-refractivity contribution < 1.29 is 14.3 Å². The van der Waals surface area contributed by atoms with Gasteiger partial charge in [-0.15, -0.1) is 0 Å². The van der Waals surface area contributed by atoms with E-state index in [1.165, 1.54) is 0 Å². The summed E-state index contributed by atoms with van der Waals surface area (Å²) in [5, 5.41) is 2.80. The summed E-state index contributed by atoms with van der Waals surface area (Å²) in [4.78, 5) is 25.7. The van der Waals surface area contributed by atoms with Crippen LogP contribution in [0, 0.1) is 5.92 Å². The highest BCUT2D eigenvalue weighted by molar-refractivity contribution is 5.95. The number of carbonyl (C=O) groups excluding carboxylic acids is 2. The molecule has 110 valence electrons. The molecule has 1 aliphatic rings. The molecular weight excluding hydrogens is 244 g/mol. The molecule has 1 saturated heterocycles. The summed E-state index contributed by atoms with van der Waals surface area (Å²) in [6.45, 7) is 8.69. The molecule has 1 heterocycles. The average Bonchev–Trinajstić information content (AvgIpc) is 2.38. The van der Waals surface area contributed by atoms with Crippen molar-refractivity contribution in [1.29, 1.82) is 0 Å². The summed E-state index contributed by atoms with van der Waals surface area (Å²) in [7, 11) is 1.66. The van der Waals surface area contributed by atoms with Gasteiger partial charge in [-0.2, -0.15) is 0 Å². The fourth-order valence-corrected chi connectivity index (χ4v) is 2.05. The van der Waals surface area contributed by atoms with Crippen molar-refractivity contribution in [1.82, 2.24) is 10.2 Å². The molecule has 19 heavy (non-hydrogen) atoms. The predicted octanol–water partition coefficient (Wildman–Crippen LogP) is 1.17. The van der Waals surface area contributed by atoms with Crippen molar-refractivity contribution in [2.45, 2.75) is 52.2 Å². The van der Waals surface area contributed by atoms with Crippen LogP contribution in [-0.4, -0.2) is 48.6 Å². The molecule has 0 aromatic carbocycles. The van der Waals surface area contributed by atoms with E-state index in [9.17, 15) is 9.59 Å². The number of hydrogen-bond donors (Lipinski definition) is 1. The number of methoxy groups -OCH3 is 1. The van der Waals surface area contributed by atoms with Gasteiger partial charge in [-0.3, -0.25) is 9.59 Å². The monoisotopic (exact) mass is 270 g/mol. The maximum atomic E-state index is 12.3. The van der Waals surface area contributed by atoms with Gasteiger partial charge in [0.2, 0.25) is 11.8 Å². The van der Waals surface area contributed by atoms with Crippen molar-refractivity contribution in [2.24, 2.45) is 5.92 Å². The van der Waals surface area contributed by atoms with Crippen molar-refractivity contribution in [3.05, 3.63) is 0 Å². The van der Waals surface area contributed by atoms with Gasteiger partial charge in [-0.05, 0) is 26.2 Å². The molecule has 1 fully saturated rings. The molecule has 0 spiro atoms. The third-order valence-corrected chi connectivity index (χ3v) is 3.98. The zero-order chi connectivity index (χ0) is 14.6. The van der Waals surface area contributed by atoms with Gasteiger partial charge in [0.25, 0.3) is 0 Å². The van der Waals surface area contributed by atoms with Crippen molar-refractivity contribution in [3.63, 3.8) is 0 Å². The zero-order valence-electron chi connectivity index (χ0n) is 12.7. The van der Waals surface area contributed by atoms with Gasteiger partial charge in [-0.1, -0.05) is 20.3 Å². The first-order valence-corrected chi connectivity index (χ1v) is 6.94. The SMILES string of the molecule is CCC(C)C1NC(=O)CN(CCC(C)(C)OC)C1=O. The standard InChI is InChI=1S/C14H26N2O3/c1-6-10(2)12-13(18)16(9-11(17)15-12)8-7-14(3,4)19-5/h10,12H,6-9H2,1-5H3,(H,15,17). The summed E-state index contributed by atoms with van der Waals surface area (Å²) in [6.07, 6.45) is 1.59. The van der Waals surface area contributed by atoms with E-state index >= 15 is 0 Å². The van der Waals surface area contributed by atoms with E-state index in [-0.39, 0.29) is 35.9 Å². The molecule has 2 unspecified atom stereocenters. The number of amides is 2. The summed E-state index contributed by atoms with van der Waals surface area (Å²) >= 11 is 0. The minimum Gasteiger partial charge on any atom is -0.379 e. The van der Waals surface area contributed by atoms with E-state index in [4.69, 9.17) is 4.74 Å². The highest BCUT2D eigenvalue weighted by Crippen LogP contribution is 2.18. The van der Waals surface area contributed by atoms with Gasteiger partial charge in [-0.25, -0.2) is 0 Å². The molecule has 0 bridgehead atoms. The molecule has 2 atom stereocenters. The van der Waals surface area contributed by atoms with Crippen LogP contribution in [0.4, 0.5) is 0 Å². The Kier molecular flexibility index (Phi) is 5.35. The first-order valence-electron chi connectivity index (χ1n) is 6.94. The Hall–Kier alpha value is -1.10. The fourth-order valence-electron chi connectivity index (χ4n) is 2.05. The maximum absolute atomic E-state index is 12.3. The number of rotatable bonds is 6. The second kappa shape index (κ2) is 6.37. The highest BCUT2D eigenvalue weighted by Gasteiger charge is 2.35. The first kappa shape index (κ1) is 16.0. The van der Waals surface area contributed by atoms with Crippen LogP contribution in [0.25, 0.3) is 0 Å². The van der Waals surface area contributed by atoms with E-state index in [0.717, 1.165) is 12.8 Å². The number of nitrogens with zero attached hydrogens (tertiary/aromatic N) is 1. The topological polar surface area (TPSA) is 58.6 Å². The molecular formula is C14H26N2O3. The van der Waals surface area contributed by atoms with E-state index < -0.39 is 0 Å². The van der Waals surface area contributed by atoms with Crippen LogP contribution in [0.3, 0.4) is 0 Å². The van der Waals surface area contributed by atoms with E-state index in [1.807, 2.05) is 27.7 Å². The van der Waals surface area contributed by atoms with E-state index in [0.29, 0.717) is 6.54 Å². The van der Waals surface area contributed by atoms with Crippen LogP contribution < -0.4 is 5.32 Å². The van der Waals surface area contributed by atoms with Crippen LogP contribution in [0.2, 0.25) is 0 Å². The number of hydrogen-bond acceptors (Lipinski definition) is 3. The summed E-state index contributed by atoms with van der Waals surface area (Å²) in [5.74, 6) is 0.121. The van der Waals surface area contributed by atoms with E-state index in [2.05, 4.69) is 5.32 Å². The number of piperazine rings is 1. The lowest BCUT2D eigenvalue weighted by atomic mass is 9.95. The Balaban J connectivity index is 2.67. The smallest absolute Gasteiger partial charge is 0.245 e. The molecule has 0 saturated carbocycles. The third kappa shape index (κ3) is 4.20. The largest absolute Gasteiger partial charge is 0.379 e. The zero-order valence-corrected chi connectivity index (χ0v) is 12.7. The van der Waals surface area contributed by atoms with Crippen LogP contribution in [0.15, 0.2) is 0 Å². The van der Waals surface area contributed by atoms with Gasteiger partial charge < -0.3 is 15.0 Å². The minimum atomic E-state index is -0.378. The lowest BCUT2D eigenvalue weighted by Crippen LogP contribution is -2.60. The first-order chi connectivity index (χ1) is 8.80. The third-order valence-electron chi connectivity index (χ3n) is 3.98. The van der Waals surface area contributed by atoms with Crippen LogP contribution in [-0.2, 0) is 14.3 Å². The lowest BCUT2D eigenvalue weighted by Gasteiger charge is -2.36. The van der Waals surface area contributed by atoms with Crippen LogP contribution >= 0.6 is 0 Å². The van der Waals surface area contributed by atoms with Crippen LogP contribution in [0.5, 0.6) is 0 Å². The minimum absolute atomic E-state index is 0.0286. The van der Waals surface area contributed by atoms with Gasteiger partial charge in [0.05, 0.1) is 12.1 Å². The Labute approximate surface area is 115 Å². The Bertz CT molecular complexity index is 342. The molecule has 5 nitrogen and oxygen atoms in total. The van der Waals surface area contributed by atoms with Gasteiger partial charge in [0.15, 0.2) is 0 Å². The Morgan fingerprint density at radius 3 is 2.63 bits per heavy atom. The quantitative estimate of drug-likeness (QED) is 0.788. The molecule has 5 heteroatoms. The van der Waals surface area contributed by atoms with Gasteiger partial charge in [0.1, 0.15) is 6.04 Å². The van der Waals surface area contributed by atoms with Crippen LogP contribution in [0.1, 0.15) is 40.5 Å². The molecule has 2 amide bonds. The molecule has 0 aromatic rings. The predicted molar refractivity (Wildman–Crippen MR) is 73.7 cm³/mol. The van der Waals surface area contributed by atoms with Crippen molar-refractivity contribution in [2.75, 3.05) is 20.2 Å². The second-order valence-corrected chi connectivity index (χ2v) is 5.90. The second-order valence-electron chi connectivity index (χ2n) is 5.90. The van der Waals surface area contributed by atoms with Gasteiger partial charge >= 0.3 is 0 Å². The number of nitrogens with one attached hydrogen (secondary N) is 1. The van der Waals surface area contributed by atoms with Crippen molar-refractivity contribution >= 4 is 11.8 Å². The molecule has 1 aliphatic heterocycles. The van der Waals surface area contributed by atoms with E-state index in [1.54, 1.807) is 12.0 Å². The summed E-state index contributed by atoms with van der Waals surface area (Å²) in [6, 6.07) is -0.378. The Morgan fingerprint density at radius 1 is 1.47 bits per heavy atom. The lowest BCUT2D eigenvalue weighted by molar-refractivity contribution is -0.146. The Morgan fingerprint density at radius 2 is 2.11 bits per heavy atom. The molecule has 1 rings (SSSR count). The highest BCUT2D eigenvalue weighted by atomic mass is 16.5. The van der Waals surface area contributed by atoms with Crippen molar-refractivity contribution in [3.8, 4) is 0 Å². The average molecular weight is 270 g/mol. The molecule has 0 aliphatic carbocycles. The molecule has 0 radical (unpaired) electrons. The summed E-state index contributed by atoms with van der Waals surface area (Å²) < 4.78 is 5.35. The maximum Gasteiger partial charge on any atom is 0.245 e. The fraction of sp³-hybridized carbons (Fsp3) is 0.857. The normalized spacial score (nSPS) is 22.4. The van der Waals surface area contributed by atoms with Gasteiger partial charge in [0, 0.05) is 13.7 Å². The number of ether oxygens (including phenoxy) is 1. The number of carbonyl (C=O) groups is 2. The molecule has 1 N–H and O–H groups in total.